The Kier molecular flexibility index (Phi) is 6.68. The molecule has 0 saturated heterocycles. The van der Waals surface area contributed by atoms with Crippen LogP contribution in [0, 0.1) is 10.8 Å². The number of hydrogen-bond acceptors (Lipinski definition) is 2. The van der Waals surface area contributed by atoms with Crippen LogP contribution in [-0.4, -0.2) is 31.4 Å². The number of alkyl halides is 1. The summed E-state index contributed by atoms with van der Waals surface area (Å²) in [5.41, 5.74) is 0.399. The first kappa shape index (κ1) is 15.7. The highest BCUT2D eigenvalue weighted by molar-refractivity contribution is 14.1. The van der Waals surface area contributed by atoms with E-state index in [-0.39, 0.29) is 10.8 Å². The maximum atomic E-state index is 5.38. The van der Waals surface area contributed by atoms with E-state index in [1.54, 1.807) is 14.2 Å². The molecule has 0 aromatic heterocycles. The van der Waals surface area contributed by atoms with Gasteiger partial charge in [0, 0.05) is 23.6 Å². The molecular weight excluding hydrogens is 303 g/mol. The molecule has 92 valence electrons. The summed E-state index contributed by atoms with van der Waals surface area (Å²) in [5, 5.41) is 0. The fraction of sp³-hybridized carbons (Fsp3) is 1.00. The van der Waals surface area contributed by atoms with Crippen LogP contribution in [-0.2, 0) is 9.47 Å². The van der Waals surface area contributed by atoms with Crippen LogP contribution < -0.4 is 0 Å². The molecule has 15 heavy (non-hydrogen) atoms. The molecule has 0 aliphatic rings. The highest BCUT2D eigenvalue weighted by atomic mass is 127. The quantitative estimate of drug-likeness (QED) is 0.549. The van der Waals surface area contributed by atoms with E-state index in [1.807, 2.05) is 0 Å². The summed E-state index contributed by atoms with van der Waals surface area (Å²) < 4.78 is 11.3. The number of hydrogen-bond donors (Lipinski definition) is 0. The molecule has 0 aliphatic carbocycles. The van der Waals surface area contributed by atoms with E-state index >= 15 is 0 Å². The zero-order valence-electron chi connectivity index (χ0n) is 10.9. The first-order valence-electron chi connectivity index (χ1n) is 5.46. The highest BCUT2D eigenvalue weighted by Crippen LogP contribution is 2.43. The maximum Gasteiger partial charge on any atom is 0.0550 e. The van der Waals surface area contributed by atoms with Crippen LogP contribution in [0.15, 0.2) is 0 Å². The second-order valence-electron chi connectivity index (χ2n) is 5.31. The molecule has 3 heteroatoms. The molecule has 0 saturated carbocycles. The normalized spacial score (nSPS) is 15.4. The van der Waals surface area contributed by atoms with Gasteiger partial charge < -0.3 is 9.47 Å². The van der Waals surface area contributed by atoms with E-state index in [4.69, 9.17) is 9.47 Å². The molecule has 0 aromatic carbocycles. The molecule has 0 radical (unpaired) electrons. The Bertz CT molecular complexity index is 169. The van der Waals surface area contributed by atoms with Gasteiger partial charge in [-0.1, -0.05) is 50.3 Å². The Morgan fingerprint density at radius 1 is 1.07 bits per heavy atom. The molecule has 0 fully saturated rings. The van der Waals surface area contributed by atoms with Crippen molar-refractivity contribution in [3.8, 4) is 0 Å². The first-order valence-corrected chi connectivity index (χ1v) is 6.70. The van der Waals surface area contributed by atoms with E-state index in [9.17, 15) is 0 Å². The lowest BCUT2D eigenvalue weighted by atomic mass is 9.73. The van der Waals surface area contributed by atoms with Crippen LogP contribution in [0.2, 0.25) is 0 Å². The van der Waals surface area contributed by atoms with E-state index in [0.717, 1.165) is 19.6 Å². The minimum Gasteiger partial charge on any atom is -0.384 e. The van der Waals surface area contributed by atoms with E-state index in [0.29, 0.717) is 3.92 Å². The second kappa shape index (κ2) is 6.40. The monoisotopic (exact) mass is 328 g/mol. The van der Waals surface area contributed by atoms with Gasteiger partial charge in [-0.05, 0) is 11.8 Å². The van der Waals surface area contributed by atoms with Gasteiger partial charge in [0.15, 0.2) is 0 Å². The largest absolute Gasteiger partial charge is 0.384 e. The third-order valence-electron chi connectivity index (χ3n) is 2.87. The summed E-state index contributed by atoms with van der Waals surface area (Å²) in [6, 6.07) is 0. The molecule has 0 aromatic rings. The number of halogens is 1. The summed E-state index contributed by atoms with van der Waals surface area (Å²) in [6.45, 7) is 10.6. The van der Waals surface area contributed by atoms with Crippen molar-refractivity contribution in [3.05, 3.63) is 0 Å². The smallest absolute Gasteiger partial charge is 0.0550 e. The van der Waals surface area contributed by atoms with Crippen molar-refractivity contribution in [2.45, 2.75) is 38.0 Å². The van der Waals surface area contributed by atoms with Crippen LogP contribution in [0.3, 0.4) is 0 Å². The van der Waals surface area contributed by atoms with Gasteiger partial charge in [0.2, 0.25) is 0 Å². The van der Waals surface area contributed by atoms with Crippen LogP contribution in [0.1, 0.15) is 34.1 Å². The first-order chi connectivity index (χ1) is 6.84. The average Bonchev–Trinajstić information content (AvgIpc) is 2.15. The summed E-state index contributed by atoms with van der Waals surface area (Å²) in [7, 11) is 3.54. The van der Waals surface area contributed by atoms with Crippen molar-refractivity contribution in [1.29, 1.82) is 0 Å². The molecule has 0 rings (SSSR count). The minimum absolute atomic E-state index is 0.127. The van der Waals surface area contributed by atoms with Gasteiger partial charge in [0.25, 0.3) is 0 Å². The van der Waals surface area contributed by atoms with E-state index in [1.165, 1.54) is 0 Å². The predicted octanol–water partition coefficient (Wildman–Crippen LogP) is 3.53. The zero-order valence-corrected chi connectivity index (χ0v) is 13.1. The second-order valence-corrected chi connectivity index (χ2v) is 6.56. The van der Waals surface area contributed by atoms with Gasteiger partial charge in [0.1, 0.15) is 0 Å². The number of rotatable bonds is 6. The summed E-state index contributed by atoms with van der Waals surface area (Å²) in [4.78, 5) is 0. The van der Waals surface area contributed by atoms with Crippen LogP contribution in [0.5, 0.6) is 0 Å². The molecule has 1 unspecified atom stereocenters. The lowest BCUT2D eigenvalue weighted by Crippen LogP contribution is -2.45. The average molecular weight is 328 g/mol. The highest BCUT2D eigenvalue weighted by Gasteiger charge is 2.42. The molecular formula is C12H25IO2. The fourth-order valence-electron chi connectivity index (χ4n) is 2.06. The summed E-state index contributed by atoms with van der Waals surface area (Å²) >= 11 is 2.55. The Labute approximate surface area is 108 Å². The molecule has 0 bridgehead atoms. The Balaban J connectivity index is 4.87. The minimum atomic E-state index is 0.127. The van der Waals surface area contributed by atoms with Gasteiger partial charge in [0.05, 0.1) is 13.2 Å². The lowest BCUT2D eigenvalue weighted by Gasteiger charge is -2.42. The van der Waals surface area contributed by atoms with Gasteiger partial charge >= 0.3 is 0 Å². The molecule has 1 atom stereocenters. The molecule has 0 aliphatic heterocycles. The van der Waals surface area contributed by atoms with Crippen molar-refractivity contribution in [2.75, 3.05) is 27.4 Å². The molecule has 2 nitrogen and oxygen atoms in total. The van der Waals surface area contributed by atoms with Crippen molar-refractivity contribution < 1.29 is 9.47 Å². The standard InChI is InChI=1S/C12H25IO2/c1-7-12(8-14-5,9-15-6)10(13)11(2,3)4/h10H,7-9H2,1-6H3. The Morgan fingerprint density at radius 3 is 1.67 bits per heavy atom. The van der Waals surface area contributed by atoms with E-state index < -0.39 is 0 Å². The lowest BCUT2D eigenvalue weighted by molar-refractivity contribution is -0.00787. The Morgan fingerprint density at radius 2 is 1.47 bits per heavy atom. The topological polar surface area (TPSA) is 18.5 Å². The van der Waals surface area contributed by atoms with Crippen LogP contribution in [0.4, 0.5) is 0 Å². The third-order valence-corrected chi connectivity index (χ3v) is 6.06. The maximum absolute atomic E-state index is 5.38. The van der Waals surface area contributed by atoms with Gasteiger partial charge in [-0.3, -0.25) is 0 Å². The number of ether oxygens (including phenoxy) is 2. The molecule has 0 spiro atoms. The van der Waals surface area contributed by atoms with Crippen molar-refractivity contribution >= 4 is 22.6 Å². The fourth-order valence-corrected chi connectivity index (χ4v) is 2.86. The summed E-state index contributed by atoms with van der Waals surface area (Å²) in [5.74, 6) is 0. The SMILES string of the molecule is CCC(COC)(COC)C(I)C(C)(C)C. The van der Waals surface area contributed by atoms with Gasteiger partial charge in [-0.15, -0.1) is 0 Å². The molecule has 0 N–H and O–H groups in total. The third kappa shape index (κ3) is 4.19. The van der Waals surface area contributed by atoms with Gasteiger partial charge in [-0.2, -0.15) is 0 Å². The van der Waals surface area contributed by atoms with Crippen molar-refractivity contribution in [1.82, 2.24) is 0 Å². The summed E-state index contributed by atoms with van der Waals surface area (Å²) in [6.07, 6.45) is 1.08. The molecule has 0 heterocycles. The predicted molar refractivity (Wildman–Crippen MR) is 73.7 cm³/mol. The zero-order chi connectivity index (χ0) is 12.1. The molecule has 0 amide bonds. The Hall–Kier alpha value is 0.650. The van der Waals surface area contributed by atoms with Crippen LogP contribution in [0.25, 0.3) is 0 Å². The van der Waals surface area contributed by atoms with Crippen LogP contribution >= 0.6 is 22.6 Å². The van der Waals surface area contributed by atoms with Gasteiger partial charge in [-0.25, -0.2) is 0 Å². The number of methoxy groups -OCH3 is 2. The van der Waals surface area contributed by atoms with Crippen molar-refractivity contribution in [2.24, 2.45) is 10.8 Å². The van der Waals surface area contributed by atoms with E-state index in [2.05, 4.69) is 50.3 Å². The van der Waals surface area contributed by atoms with Crippen molar-refractivity contribution in [3.63, 3.8) is 0 Å².